The molecule has 0 spiro atoms. The van der Waals surface area contributed by atoms with Gasteiger partial charge in [0.25, 0.3) is 5.91 Å². The molecule has 0 aliphatic rings. The summed E-state index contributed by atoms with van der Waals surface area (Å²) in [6, 6.07) is 9.97. The molecule has 1 amide bonds. The number of amides is 1. The fraction of sp³-hybridized carbons (Fsp3) is 0.294. The molecule has 0 atom stereocenters. The normalized spacial score (nSPS) is 12.2. The van der Waals surface area contributed by atoms with Crippen LogP contribution in [0.5, 0.6) is 0 Å². The Kier molecular flexibility index (Phi) is 6.35. The molecule has 2 aromatic heterocycles. The Morgan fingerprint density at radius 2 is 2.16 bits per heavy atom. The first-order valence-corrected chi connectivity index (χ1v) is 10.8. The zero-order valence-electron chi connectivity index (χ0n) is 13.8. The number of rotatable bonds is 6. The van der Waals surface area contributed by atoms with Crippen LogP contribution in [0.15, 0.2) is 40.2 Å². The van der Waals surface area contributed by atoms with Gasteiger partial charge in [0, 0.05) is 23.4 Å². The average molecular weight is 413 g/mol. The maximum Gasteiger partial charge on any atom is 0.253 e. The molecule has 25 heavy (non-hydrogen) atoms. The van der Waals surface area contributed by atoms with Crippen LogP contribution in [0.4, 0.5) is 0 Å². The van der Waals surface area contributed by atoms with Crippen molar-refractivity contribution in [3.05, 3.63) is 44.3 Å². The summed E-state index contributed by atoms with van der Waals surface area (Å²) in [5.41, 5.74) is 1.07. The standard InChI is InChI=1S/C17H17ClN2O2S3/c1-22-8-7-20-13-5-3-11(23-2)9-14(13)25-17(20)19-16(21)10-12-4-6-15(18)24-12/h3-6,9H,7-8,10H2,1-2H3. The molecule has 132 valence electrons. The van der Waals surface area contributed by atoms with Gasteiger partial charge in [-0.25, -0.2) is 0 Å². The highest BCUT2D eigenvalue weighted by atomic mass is 35.5. The van der Waals surface area contributed by atoms with Crippen LogP contribution in [-0.2, 0) is 22.5 Å². The number of ether oxygens (including phenoxy) is 1. The van der Waals surface area contributed by atoms with Gasteiger partial charge in [0.2, 0.25) is 0 Å². The lowest BCUT2D eigenvalue weighted by atomic mass is 10.3. The second kappa shape index (κ2) is 8.51. The number of aromatic nitrogens is 1. The number of carbonyl (C=O) groups excluding carboxylic acids is 1. The highest BCUT2D eigenvalue weighted by Crippen LogP contribution is 2.24. The molecule has 1 aromatic carbocycles. The van der Waals surface area contributed by atoms with E-state index >= 15 is 0 Å². The van der Waals surface area contributed by atoms with Gasteiger partial charge in [-0.3, -0.25) is 4.79 Å². The molecule has 0 saturated carbocycles. The molecular weight excluding hydrogens is 396 g/mol. The minimum Gasteiger partial charge on any atom is -0.383 e. The third-order valence-corrected chi connectivity index (χ3v) is 6.58. The van der Waals surface area contributed by atoms with Crippen molar-refractivity contribution >= 4 is 62.2 Å². The van der Waals surface area contributed by atoms with Crippen molar-refractivity contribution < 1.29 is 9.53 Å². The maximum atomic E-state index is 12.4. The second-order valence-electron chi connectivity index (χ2n) is 5.25. The van der Waals surface area contributed by atoms with Gasteiger partial charge in [0.05, 0.1) is 27.6 Å². The molecule has 0 radical (unpaired) electrons. The summed E-state index contributed by atoms with van der Waals surface area (Å²) in [7, 11) is 1.67. The Morgan fingerprint density at radius 3 is 2.84 bits per heavy atom. The number of benzene rings is 1. The van der Waals surface area contributed by atoms with Crippen molar-refractivity contribution in [3.63, 3.8) is 0 Å². The largest absolute Gasteiger partial charge is 0.383 e. The Balaban J connectivity index is 1.98. The molecule has 0 aliphatic heterocycles. The van der Waals surface area contributed by atoms with E-state index in [1.54, 1.807) is 24.9 Å². The van der Waals surface area contributed by atoms with Crippen molar-refractivity contribution in [2.45, 2.75) is 17.9 Å². The van der Waals surface area contributed by atoms with Gasteiger partial charge in [-0.2, -0.15) is 4.99 Å². The molecule has 0 saturated heterocycles. The number of carbonyl (C=O) groups is 1. The van der Waals surface area contributed by atoms with E-state index in [9.17, 15) is 4.79 Å². The number of methoxy groups -OCH3 is 1. The predicted octanol–water partition coefficient (Wildman–Crippen LogP) is 4.46. The lowest BCUT2D eigenvalue weighted by Gasteiger charge is -2.04. The summed E-state index contributed by atoms with van der Waals surface area (Å²) in [6.45, 7) is 1.23. The minimum absolute atomic E-state index is 0.165. The quantitative estimate of drug-likeness (QED) is 0.561. The maximum absolute atomic E-state index is 12.4. The average Bonchev–Trinajstić information content (AvgIpc) is 3.15. The highest BCUT2D eigenvalue weighted by Gasteiger charge is 2.10. The number of fused-ring (bicyclic) bond motifs is 1. The number of thiophene rings is 1. The van der Waals surface area contributed by atoms with E-state index in [2.05, 4.69) is 29.4 Å². The van der Waals surface area contributed by atoms with Crippen LogP contribution in [0.3, 0.4) is 0 Å². The van der Waals surface area contributed by atoms with Crippen LogP contribution in [0.2, 0.25) is 4.34 Å². The van der Waals surface area contributed by atoms with Crippen molar-refractivity contribution in [3.8, 4) is 0 Å². The molecule has 3 rings (SSSR count). The monoisotopic (exact) mass is 412 g/mol. The molecule has 0 N–H and O–H groups in total. The summed E-state index contributed by atoms with van der Waals surface area (Å²) >= 11 is 10.6. The predicted molar refractivity (Wildman–Crippen MR) is 107 cm³/mol. The van der Waals surface area contributed by atoms with Gasteiger partial charge in [0.15, 0.2) is 4.80 Å². The van der Waals surface area contributed by atoms with Gasteiger partial charge < -0.3 is 9.30 Å². The molecule has 8 heteroatoms. The van der Waals surface area contributed by atoms with E-state index in [4.69, 9.17) is 16.3 Å². The van der Waals surface area contributed by atoms with Crippen LogP contribution < -0.4 is 4.80 Å². The molecule has 2 heterocycles. The Hall–Kier alpha value is -1.12. The van der Waals surface area contributed by atoms with Crippen LogP contribution in [0.1, 0.15) is 4.88 Å². The SMILES string of the molecule is COCCn1c(=NC(=O)Cc2ccc(Cl)s2)sc2cc(SC)ccc21. The summed E-state index contributed by atoms with van der Waals surface area (Å²) in [5, 5.41) is 0. The Morgan fingerprint density at radius 1 is 1.32 bits per heavy atom. The molecule has 0 fully saturated rings. The summed E-state index contributed by atoms with van der Waals surface area (Å²) < 4.78 is 9.06. The van der Waals surface area contributed by atoms with Gasteiger partial charge >= 0.3 is 0 Å². The van der Waals surface area contributed by atoms with Crippen molar-refractivity contribution in [2.75, 3.05) is 20.0 Å². The fourth-order valence-corrected chi connectivity index (χ4v) is 5.11. The van der Waals surface area contributed by atoms with Gasteiger partial charge in [-0.15, -0.1) is 23.1 Å². The van der Waals surface area contributed by atoms with Gasteiger partial charge in [-0.1, -0.05) is 22.9 Å². The number of nitrogens with zero attached hydrogens (tertiary/aromatic N) is 2. The molecule has 3 aromatic rings. The Bertz CT molecular complexity index is 958. The van der Waals surface area contributed by atoms with Crippen LogP contribution in [-0.4, -0.2) is 30.4 Å². The van der Waals surface area contributed by atoms with Crippen LogP contribution >= 0.6 is 46.0 Å². The van der Waals surface area contributed by atoms with Crippen LogP contribution in [0.25, 0.3) is 10.2 Å². The zero-order valence-corrected chi connectivity index (χ0v) is 17.0. The molecular formula is C17H17ClN2O2S3. The molecule has 0 bridgehead atoms. The lowest BCUT2D eigenvalue weighted by molar-refractivity contribution is -0.117. The van der Waals surface area contributed by atoms with E-state index in [-0.39, 0.29) is 12.3 Å². The number of hydrogen-bond acceptors (Lipinski definition) is 5. The minimum atomic E-state index is -0.165. The highest BCUT2D eigenvalue weighted by molar-refractivity contribution is 7.98. The first-order valence-electron chi connectivity index (χ1n) is 7.59. The zero-order chi connectivity index (χ0) is 17.8. The Labute approximate surface area is 163 Å². The number of halogens is 1. The van der Waals surface area contributed by atoms with E-state index in [0.29, 0.717) is 22.3 Å². The molecule has 0 unspecified atom stereocenters. The summed E-state index contributed by atoms with van der Waals surface area (Å²) in [5.74, 6) is -0.165. The van der Waals surface area contributed by atoms with Crippen molar-refractivity contribution in [1.82, 2.24) is 4.57 Å². The topological polar surface area (TPSA) is 43.6 Å². The molecule has 0 aliphatic carbocycles. The number of hydrogen-bond donors (Lipinski definition) is 0. The molecule has 4 nitrogen and oxygen atoms in total. The van der Waals surface area contributed by atoms with E-state index in [1.807, 2.05) is 10.6 Å². The summed E-state index contributed by atoms with van der Waals surface area (Å²) in [4.78, 5) is 19.5. The first-order chi connectivity index (χ1) is 12.1. The van der Waals surface area contributed by atoms with Gasteiger partial charge in [-0.05, 0) is 36.6 Å². The third kappa shape index (κ3) is 4.54. The smallest absolute Gasteiger partial charge is 0.253 e. The summed E-state index contributed by atoms with van der Waals surface area (Å²) in [6.07, 6.45) is 2.32. The fourth-order valence-electron chi connectivity index (χ4n) is 2.41. The van der Waals surface area contributed by atoms with Crippen molar-refractivity contribution in [2.24, 2.45) is 4.99 Å². The van der Waals surface area contributed by atoms with Gasteiger partial charge in [0.1, 0.15) is 0 Å². The lowest BCUT2D eigenvalue weighted by Crippen LogP contribution is -2.19. The first kappa shape index (κ1) is 18.7. The van der Waals surface area contributed by atoms with Crippen LogP contribution in [0, 0.1) is 0 Å². The van der Waals surface area contributed by atoms with E-state index in [0.717, 1.165) is 15.1 Å². The second-order valence-corrected chi connectivity index (χ2v) is 8.94. The van der Waals surface area contributed by atoms with E-state index < -0.39 is 0 Å². The van der Waals surface area contributed by atoms with Crippen molar-refractivity contribution in [1.29, 1.82) is 0 Å². The van der Waals surface area contributed by atoms with E-state index in [1.165, 1.54) is 27.6 Å². The third-order valence-electron chi connectivity index (χ3n) is 3.58. The number of thiazole rings is 1. The number of thioether (sulfide) groups is 1.